The van der Waals surface area contributed by atoms with Crippen LogP contribution in [0.2, 0.25) is 0 Å². The summed E-state index contributed by atoms with van der Waals surface area (Å²) in [6.07, 6.45) is 2.59. The first-order chi connectivity index (χ1) is 8.72. The Morgan fingerprint density at radius 3 is 2.89 bits per heavy atom. The number of nitrogens with zero attached hydrogens (tertiary/aromatic N) is 2. The third-order valence-corrected chi connectivity index (χ3v) is 2.99. The fourth-order valence-electron chi connectivity index (χ4n) is 1.61. The third-order valence-electron chi connectivity index (χ3n) is 2.50. The second kappa shape index (κ2) is 5.79. The summed E-state index contributed by atoms with van der Waals surface area (Å²) in [6.45, 7) is 2.11. The molecule has 18 heavy (non-hydrogen) atoms. The summed E-state index contributed by atoms with van der Waals surface area (Å²) in [5.74, 6) is 6.37. The minimum atomic E-state index is 0.384. The molecule has 0 fully saturated rings. The van der Waals surface area contributed by atoms with Crippen LogP contribution < -0.4 is 16.6 Å². The van der Waals surface area contributed by atoms with Crippen molar-refractivity contribution in [2.45, 2.75) is 13.3 Å². The normalized spacial score (nSPS) is 10.2. The molecule has 0 bridgehead atoms. The number of halogens is 1. The lowest BCUT2D eigenvalue weighted by molar-refractivity contribution is 1.11. The van der Waals surface area contributed by atoms with Gasteiger partial charge >= 0.3 is 0 Å². The number of aryl methyl sites for hydroxylation is 1. The Morgan fingerprint density at radius 2 is 2.17 bits per heavy atom. The van der Waals surface area contributed by atoms with E-state index in [9.17, 15) is 0 Å². The molecule has 2 aromatic rings. The quantitative estimate of drug-likeness (QED) is 0.598. The van der Waals surface area contributed by atoms with Gasteiger partial charge < -0.3 is 5.32 Å². The molecule has 0 aliphatic carbocycles. The van der Waals surface area contributed by atoms with Gasteiger partial charge in [0.1, 0.15) is 5.82 Å². The lowest BCUT2D eigenvalue weighted by atomic mass is 10.1. The smallest absolute Gasteiger partial charge is 0.239 e. The SMILES string of the molecule is CCc1cc(Br)ccc1Nc1ccnc(NN)n1. The highest BCUT2D eigenvalue weighted by molar-refractivity contribution is 9.10. The van der Waals surface area contributed by atoms with E-state index < -0.39 is 0 Å². The predicted molar refractivity (Wildman–Crippen MR) is 76.6 cm³/mol. The highest BCUT2D eigenvalue weighted by atomic mass is 79.9. The van der Waals surface area contributed by atoms with Gasteiger partial charge in [0.2, 0.25) is 5.95 Å². The van der Waals surface area contributed by atoms with Gasteiger partial charge in [0, 0.05) is 16.4 Å². The van der Waals surface area contributed by atoms with Gasteiger partial charge in [0.05, 0.1) is 0 Å². The lowest BCUT2D eigenvalue weighted by Gasteiger charge is -2.11. The van der Waals surface area contributed by atoms with Gasteiger partial charge in [-0.15, -0.1) is 0 Å². The molecule has 0 aliphatic heterocycles. The van der Waals surface area contributed by atoms with E-state index in [1.165, 1.54) is 5.56 Å². The summed E-state index contributed by atoms with van der Waals surface area (Å²) in [7, 11) is 0. The molecule has 0 saturated heterocycles. The van der Waals surface area contributed by atoms with Crippen LogP contribution in [0.3, 0.4) is 0 Å². The van der Waals surface area contributed by atoms with Crippen molar-refractivity contribution in [1.29, 1.82) is 0 Å². The third kappa shape index (κ3) is 2.96. The molecule has 0 unspecified atom stereocenters. The minimum absolute atomic E-state index is 0.384. The molecule has 2 rings (SSSR count). The zero-order chi connectivity index (χ0) is 13.0. The molecule has 5 nitrogen and oxygen atoms in total. The number of nitrogens with one attached hydrogen (secondary N) is 2. The van der Waals surface area contributed by atoms with Crippen molar-refractivity contribution in [1.82, 2.24) is 9.97 Å². The van der Waals surface area contributed by atoms with Crippen molar-refractivity contribution in [3.8, 4) is 0 Å². The molecule has 1 aromatic heterocycles. The molecule has 0 saturated carbocycles. The van der Waals surface area contributed by atoms with Crippen molar-refractivity contribution < 1.29 is 0 Å². The van der Waals surface area contributed by atoms with Gasteiger partial charge in [0.15, 0.2) is 0 Å². The Morgan fingerprint density at radius 1 is 1.33 bits per heavy atom. The monoisotopic (exact) mass is 307 g/mol. The van der Waals surface area contributed by atoms with Gasteiger partial charge in [-0.25, -0.2) is 10.8 Å². The first-order valence-corrected chi connectivity index (χ1v) is 6.37. The van der Waals surface area contributed by atoms with Crippen LogP contribution in [-0.4, -0.2) is 9.97 Å². The summed E-state index contributed by atoms with van der Waals surface area (Å²) < 4.78 is 1.07. The molecule has 6 heteroatoms. The molecular weight excluding hydrogens is 294 g/mol. The average molecular weight is 308 g/mol. The zero-order valence-corrected chi connectivity index (χ0v) is 11.5. The van der Waals surface area contributed by atoms with E-state index in [1.54, 1.807) is 12.3 Å². The summed E-state index contributed by atoms with van der Waals surface area (Å²) >= 11 is 3.47. The number of benzene rings is 1. The van der Waals surface area contributed by atoms with Crippen molar-refractivity contribution in [3.05, 3.63) is 40.5 Å². The van der Waals surface area contributed by atoms with Crippen LogP contribution in [0.5, 0.6) is 0 Å². The van der Waals surface area contributed by atoms with Crippen LogP contribution in [-0.2, 0) is 6.42 Å². The largest absolute Gasteiger partial charge is 0.340 e. The molecule has 0 aliphatic rings. The lowest BCUT2D eigenvalue weighted by Crippen LogP contribution is -2.11. The second-order valence-electron chi connectivity index (χ2n) is 3.69. The fourth-order valence-corrected chi connectivity index (χ4v) is 2.02. The summed E-state index contributed by atoms with van der Waals surface area (Å²) in [5.41, 5.74) is 4.66. The van der Waals surface area contributed by atoms with E-state index in [2.05, 4.69) is 49.6 Å². The maximum absolute atomic E-state index is 5.28. The summed E-state index contributed by atoms with van der Waals surface area (Å²) in [6, 6.07) is 7.89. The van der Waals surface area contributed by atoms with Gasteiger partial charge in [0.25, 0.3) is 0 Å². The van der Waals surface area contributed by atoms with Crippen LogP contribution in [0, 0.1) is 0 Å². The average Bonchev–Trinajstić information content (AvgIpc) is 2.41. The molecule has 1 heterocycles. The zero-order valence-electron chi connectivity index (χ0n) is 9.94. The molecule has 0 spiro atoms. The van der Waals surface area contributed by atoms with E-state index in [0.717, 1.165) is 16.6 Å². The Kier molecular flexibility index (Phi) is 4.11. The maximum atomic E-state index is 5.28. The number of aromatic nitrogens is 2. The minimum Gasteiger partial charge on any atom is -0.340 e. The number of hydrogen-bond acceptors (Lipinski definition) is 5. The maximum Gasteiger partial charge on any atom is 0.239 e. The van der Waals surface area contributed by atoms with Crippen molar-refractivity contribution >= 4 is 33.4 Å². The van der Waals surface area contributed by atoms with Gasteiger partial charge in [-0.1, -0.05) is 22.9 Å². The van der Waals surface area contributed by atoms with Crippen LogP contribution in [0.4, 0.5) is 17.5 Å². The molecule has 1 aromatic carbocycles. The van der Waals surface area contributed by atoms with Crippen LogP contribution >= 0.6 is 15.9 Å². The Bertz CT molecular complexity index is 544. The number of hydrogen-bond donors (Lipinski definition) is 3. The van der Waals surface area contributed by atoms with E-state index in [-0.39, 0.29) is 0 Å². The van der Waals surface area contributed by atoms with Gasteiger partial charge in [-0.05, 0) is 36.2 Å². The van der Waals surface area contributed by atoms with Gasteiger partial charge in [-0.3, -0.25) is 5.43 Å². The van der Waals surface area contributed by atoms with Crippen molar-refractivity contribution in [2.75, 3.05) is 10.7 Å². The highest BCUT2D eigenvalue weighted by Gasteiger charge is 2.03. The molecule has 94 valence electrons. The first kappa shape index (κ1) is 12.8. The predicted octanol–water partition coefficient (Wildman–Crippen LogP) is 2.83. The number of rotatable bonds is 4. The van der Waals surface area contributed by atoms with Crippen LogP contribution in [0.1, 0.15) is 12.5 Å². The standard InChI is InChI=1S/C12H14BrN5/c1-2-8-7-9(13)3-4-10(8)16-11-5-6-15-12(17-11)18-14/h3-7H,2,14H2,1H3,(H2,15,16,17,18). The highest BCUT2D eigenvalue weighted by Crippen LogP contribution is 2.24. The first-order valence-electron chi connectivity index (χ1n) is 5.58. The van der Waals surface area contributed by atoms with Gasteiger partial charge in [-0.2, -0.15) is 4.98 Å². The molecule has 0 atom stereocenters. The van der Waals surface area contributed by atoms with Crippen molar-refractivity contribution in [3.63, 3.8) is 0 Å². The number of nitrogen functional groups attached to an aromatic ring is 1. The fraction of sp³-hybridized carbons (Fsp3) is 0.167. The van der Waals surface area contributed by atoms with E-state index >= 15 is 0 Å². The van der Waals surface area contributed by atoms with Crippen LogP contribution in [0.15, 0.2) is 34.9 Å². The van der Waals surface area contributed by atoms with Crippen molar-refractivity contribution in [2.24, 2.45) is 5.84 Å². The molecule has 0 radical (unpaired) electrons. The van der Waals surface area contributed by atoms with E-state index in [0.29, 0.717) is 11.8 Å². The molecule has 4 N–H and O–H groups in total. The summed E-state index contributed by atoms with van der Waals surface area (Å²) in [5, 5.41) is 3.26. The second-order valence-corrected chi connectivity index (χ2v) is 4.61. The topological polar surface area (TPSA) is 75.9 Å². The Labute approximate surface area is 114 Å². The summed E-state index contributed by atoms with van der Waals surface area (Å²) in [4.78, 5) is 8.18. The van der Waals surface area contributed by atoms with E-state index in [4.69, 9.17) is 5.84 Å². The Hall–Kier alpha value is -1.66. The number of hydrazine groups is 1. The number of nitrogens with two attached hydrogens (primary N) is 1. The van der Waals surface area contributed by atoms with E-state index in [1.807, 2.05) is 12.1 Å². The number of anilines is 3. The molecule has 0 amide bonds. The molecular formula is C12H14BrN5. The Balaban J connectivity index is 2.27. The van der Waals surface area contributed by atoms with Crippen LogP contribution in [0.25, 0.3) is 0 Å².